The van der Waals surface area contributed by atoms with Gasteiger partial charge in [0, 0.05) is 0 Å². The number of hydrogen-bond donors (Lipinski definition) is 0. The third-order valence-corrected chi connectivity index (χ3v) is 2.56. The number of rotatable bonds is 3. The molecule has 13 heavy (non-hydrogen) atoms. The summed E-state index contributed by atoms with van der Waals surface area (Å²) >= 11 is 5.63. The van der Waals surface area contributed by atoms with E-state index in [4.69, 9.17) is 11.6 Å². The van der Waals surface area contributed by atoms with Crippen LogP contribution in [0.25, 0.3) is 0 Å². The molecule has 1 aromatic heterocycles. The lowest BCUT2D eigenvalue weighted by Gasteiger charge is -2.09. The molecule has 74 valence electrons. The van der Waals surface area contributed by atoms with Crippen LogP contribution in [0.4, 0.5) is 17.6 Å². The van der Waals surface area contributed by atoms with E-state index < -0.39 is 17.4 Å². The Morgan fingerprint density at radius 2 is 2.00 bits per heavy atom. The first-order valence-corrected chi connectivity index (χ1v) is 4.38. The van der Waals surface area contributed by atoms with Gasteiger partial charge in [-0.2, -0.15) is 8.78 Å². The van der Waals surface area contributed by atoms with Gasteiger partial charge in [0.05, 0.1) is 5.88 Å². The predicted octanol–water partition coefficient (Wildman–Crippen LogP) is 2.63. The Balaban J connectivity index is 2.93. The van der Waals surface area contributed by atoms with E-state index >= 15 is 0 Å². The SMILES string of the molecule is FC(F)C(F)(F)c1nnc(CCl)s1. The number of hydrogen-bond acceptors (Lipinski definition) is 3. The fourth-order valence-electron chi connectivity index (χ4n) is 0.536. The van der Waals surface area contributed by atoms with Gasteiger partial charge < -0.3 is 0 Å². The summed E-state index contributed by atoms with van der Waals surface area (Å²) in [5.74, 6) is -4.35. The molecular weight excluding hydrogens is 232 g/mol. The van der Waals surface area contributed by atoms with Crippen molar-refractivity contribution in [3.05, 3.63) is 10.0 Å². The van der Waals surface area contributed by atoms with Crippen LogP contribution in [0.1, 0.15) is 10.0 Å². The van der Waals surface area contributed by atoms with E-state index in [-0.39, 0.29) is 10.9 Å². The lowest BCUT2D eigenvalue weighted by atomic mass is 10.4. The molecule has 0 spiro atoms. The zero-order chi connectivity index (χ0) is 10.1. The van der Waals surface area contributed by atoms with Gasteiger partial charge in [-0.15, -0.1) is 21.8 Å². The monoisotopic (exact) mass is 234 g/mol. The van der Waals surface area contributed by atoms with Crippen LogP contribution in [0, 0.1) is 0 Å². The van der Waals surface area contributed by atoms with Crippen LogP contribution in [0.2, 0.25) is 0 Å². The highest BCUT2D eigenvalue weighted by molar-refractivity contribution is 7.11. The summed E-state index contributed by atoms with van der Waals surface area (Å²) < 4.78 is 48.6. The molecule has 0 radical (unpaired) electrons. The fraction of sp³-hybridized carbons (Fsp3) is 0.600. The molecule has 2 nitrogen and oxygen atoms in total. The van der Waals surface area contributed by atoms with Gasteiger partial charge in [-0.1, -0.05) is 11.3 Å². The summed E-state index contributed by atoms with van der Waals surface area (Å²) in [6.45, 7) is 0. The van der Waals surface area contributed by atoms with Gasteiger partial charge in [0.1, 0.15) is 5.01 Å². The lowest BCUT2D eigenvalue weighted by molar-refractivity contribution is -0.135. The van der Waals surface area contributed by atoms with Crippen LogP contribution in [-0.4, -0.2) is 16.6 Å². The van der Waals surface area contributed by atoms with Crippen molar-refractivity contribution >= 4 is 22.9 Å². The van der Waals surface area contributed by atoms with Gasteiger partial charge in [0.15, 0.2) is 5.01 Å². The van der Waals surface area contributed by atoms with E-state index in [2.05, 4.69) is 10.2 Å². The molecule has 0 aliphatic carbocycles. The maximum atomic E-state index is 12.5. The maximum absolute atomic E-state index is 12.5. The Labute approximate surface area is 79.5 Å². The Morgan fingerprint density at radius 3 is 2.38 bits per heavy atom. The highest BCUT2D eigenvalue weighted by Crippen LogP contribution is 2.36. The van der Waals surface area contributed by atoms with Crippen LogP contribution in [0.15, 0.2) is 0 Å². The molecule has 1 aromatic rings. The Bertz CT molecular complexity index is 290. The molecule has 0 aromatic carbocycles. The normalized spacial score (nSPS) is 12.5. The Hall–Kier alpha value is -0.430. The van der Waals surface area contributed by atoms with E-state index in [9.17, 15) is 17.6 Å². The molecule has 0 saturated carbocycles. The second kappa shape index (κ2) is 3.75. The molecule has 0 fully saturated rings. The van der Waals surface area contributed by atoms with E-state index in [1.165, 1.54) is 0 Å². The minimum absolute atomic E-state index is 0.0944. The first-order valence-electron chi connectivity index (χ1n) is 3.03. The summed E-state index contributed by atoms with van der Waals surface area (Å²) in [5.41, 5.74) is 0. The number of halogens is 5. The minimum Gasteiger partial charge on any atom is -0.203 e. The molecular formula is C5H3ClF4N2S. The van der Waals surface area contributed by atoms with Crippen molar-refractivity contribution in [3.8, 4) is 0 Å². The highest BCUT2D eigenvalue weighted by atomic mass is 35.5. The second-order valence-corrected chi connectivity index (χ2v) is 3.39. The van der Waals surface area contributed by atoms with Crippen molar-refractivity contribution < 1.29 is 17.6 Å². The van der Waals surface area contributed by atoms with E-state index in [0.717, 1.165) is 0 Å². The van der Waals surface area contributed by atoms with Crippen LogP contribution < -0.4 is 0 Å². The Kier molecular flexibility index (Phi) is 3.07. The zero-order valence-corrected chi connectivity index (χ0v) is 7.55. The minimum atomic E-state index is -4.23. The molecule has 0 aliphatic rings. The van der Waals surface area contributed by atoms with Crippen molar-refractivity contribution in [3.63, 3.8) is 0 Å². The quantitative estimate of drug-likeness (QED) is 0.594. The van der Waals surface area contributed by atoms with Crippen LogP contribution in [0.3, 0.4) is 0 Å². The third-order valence-electron chi connectivity index (χ3n) is 1.14. The first kappa shape index (κ1) is 10.6. The van der Waals surface area contributed by atoms with E-state index in [1.54, 1.807) is 0 Å². The van der Waals surface area contributed by atoms with Crippen LogP contribution >= 0.6 is 22.9 Å². The van der Waals surface area contributed by atoms with Crippen molar-refractivity contribution in [2.45, 2.75) is 18.2 Å². The molecule has 0 saturated heterocycles. The van der Waals surface area contributed by atoms with Gasteiger partial charge in [-0.05, 0) is 0 Å². The second-order valence-electron chi connectivity index (χ2n) is 2.06. The van der Waals surface area contributed by atoms with Crippen molar-refractivity contribution in [1.82, 2.24) is 10.2 Å². The van der Waals surface area contributed by atoms with Crippen molar-refractivity contribution in [2.24, 2.45) is 0 Å². The topological polar surface area (TPSA) is 25.8 Å². The number of nitrogens with zero attached hydrogens (tertiary/aromatic N) is 2. The maximum Gasteiger partial charge on any atom is 0.359 e. The van der Waals surface area contributed by atoms with Gasteiger partial charge in [0.25, 0.3) is 0 Å². The molecule has 0 amide bonds. The molecule has 1 rings (SSSR count). The zero-order valence-electron chi connectivity index (χ0n) is 5.98. The van der Waals surface area contributed by atoms with Crippen molar-refractivity contribution in [2.75, 3.05) is 0 Å². The average Bonchev–Trinajstić information content (AvgIpc) is 2.51. The largest absolute Gasteiger partial charge is 0.359 e. The standard InChI is InChI=1S/C5H3ClF4N2S/c6-1-2-11-12-4(13-2)5(9,10)3(7)8/h3H,1H2. The molecule has 0 N–H and O–H groups in total. The lowest BCUT2D eigenvalue weighted by Crippen LogP contribution is -2.23. The summed E-state index contributed by atoms with van der Waals surface area (Å²) in [7, 11) is 0. The molecule has 0 aliphatic heterocycles. The van der Waals surface area contributed by atoms with Gasteiger partial charge in [-0.3, -0.25) is 0 Å². The smallest absolute Gasteiger partial charge is 0.203 e. The molecule has 0 bridgehead atoms. The van der Waals surface area contributed by atoms with Gasteiger partial charge in [-0.25, -0.2) is 8.78 Å². The molecule has 0 atom stereocenters. The molecule has 0 unspecified atom stereocenters. The van der Waals surface area contributed by atoms with Crippen LogP contribution in [-0.2, 0) is 11.8 Å². The Morgan fingerprint density at radius 1 is 1.38 bits per heavy atom. The first-order chi connectivity index (χ1) is 5.98. The molecule has 1 heterocycles. The van der Waals surface area contributed by atoms with Crippen LogP contribution in [0.5, 0.6) is 0 Å². The predicted molar refractivity (Wildman–Crippen MR) is 39.4 cm³/mol. The van der Waals surface area contributed by atoms with Gasteiger partial charge in [0.2, 0.25) is 0 Å². The molecule has 8 heteroatoms. The number of alkyl halides is 5. The highest BCUT2D eigenvalue weighted by Gasteiger charge is 2.46. The number of aromatic nitrogens is 2. The fourth-order valence-corrected chi connectivity index (χ4v) is 1.42. The van der Waals surface area contributed by atoms with Crippen molar-refractivity contribution in [1.29, 1.82) is 0 Å². The van der Waals surface area contributed by atoms with E-state index in [0.29, 0.717) is 11.3 Å². The third kappa shape index (κ3) is 2.08. The summed E-state index contributed by atoms with van der Waals surface area (Å²) in [6.07, 6.45) is -3.77. The summed E-state index contributed by atoms with van der Waals surface area (Å²) in [4.78, 5) is 0. The van der Waals surface area contributed by atoms with E-state index in [1.807, 2.05) is 0 Å². The van der Waals surface area contributed by atoms with Gasteiger partial charge >= 0.3 is 12.3 Å². The average molecular weight is 235 g/mol. The summed E-state index contributed by atoms with van der Waals surface area (Å²) in [6, 6.07) is 0. The summed E-state index contributed by atoms with van der Waals surface area (Å²) in [5, 5.41) is 5.23.